The molecule has 0 aliphatic carbocycles. The average molecular weight is 275 g/mol. The van der Waals surface area contributed by atoms with Crippen molar-refractivity contribution in [3.8, 4) is 11.4 Å². The molecule has 0 bridgehead atoms. The molecule has 2 aromatic rings. The van der Waals surface area contributed by atoms with Crippen LogP contribution in [0.3, 0.4) is 0 Å². The van der Waals surface area contributed by atoms with E-state index < -0.39 is 5.97 Å². The van der Waals surface area contributed by atoms with Gasteiger partial charge >= 0.3 is 5.97 Å². The van der Waals surface area contributed by atoms with Gasteiger partial charge in [0.25, 0.3) is 0 Å². The summed E-state index contributed by atoms with van der Waals surface area (Å²) >= 11 is 0. The first-order valence-corrected chi connectivity index (χ1v) is 6.39. The van der Waals surface area contributed by atoms with Crippen LogP contribution in [-0.4, -0.2) is 35.3 Å². The smallest absolute Gasteiger partial charge is 0.356 e. The van der Waals surface area contributed by atoms with Crippen LogP contribution >= 0.6 is 0 Å². The van der Waals surface area contributed by atoms with E-state index in [4.69, 9.17) is 15.2 Å². The summed E-state index contributed by atoms with van der Waals surface area (Å²) < 4.78 is 12.1. The van der Waals surface area contributed by atoms with Crippen LogP contribution in [0, 0.1) is 0 Å². The van der Waals surface area contributed by atoms with Crippen LogP contribution in [0.15, 0.2) is 36.8 Å². The van der Waals surface area contributed by atoms with Gasteiger partial charge in [-0.2, -0.15) is 0 Å². The number of carbonyl (C=O) groups is 1. The van der Waals surface area contributed by atoms with E-state index >= 15 is 0 Å². The molecule has 0 saturated carbocycles. The predicted molar refractivity (Wildman–Crippen MR) is 74.1 cm³/mol. The Kier molecular flexibility index (Phi) is 4.73. The standard InChI is InChI=1S/C14H17N3O3/c1-2-19-14(18)13-9-16-10-17(13)11-3-5-12(6-4-11)20-8-7-15/h3-6,9-10H,2,7-8,15H2,1H3. The van der Waals surface area contributed by atoms with Crippen molar-refractivity contribution in [1.82, 2.24) is 9.55 Å². The zero-order valence-corrected chi connectivity index (χ0v) is 11.3. The van der Waals surface area contributed by atoms with Crippen LogP contribution in [-0.2, 0) is 4.74 Å². The minimum absolute atomic E-state index is 0.329. The molecule has 1 aromatic carbocycles. The molecule has 106 valence electrons. The van der Waals surface area contributed by atoms with Gasteiger partial charge in [0, 0.05) is 12.2 Å². The summed E-state index contributed by atoms with van der Waals surface area (Å²) in [5, 5.41) is 0. The summed E-state index contributed by atoms with van der Waals surface area (Å²) in [5.74, 6) is 0.338. The fraction of sp³-hybridized carbons (Fsp3) is 0.286. The maximum atomic E-state index is 11.8. The van der Waals surface area contributed by atoms with E-state index in [1.54, 1.807) is 17.8 Å². The second-order valence-electron chi connectivity index (χ2n) is 4.00. The Balaban J connectivity index is 2.19. The number of aromatic nitrogens is 2. The molecule has 20 heavy (non-hydrogen) atoms. The Morgan fingerprint density at radius 1 is 1.35 bits per heavy atom. The van der Waals surface area contributed by atoms with Gasteiger partial charge in [-0.05, 0) is 31.2 Å². The fourth-order valence-corrected chi connectivity index (χ4v) is 1.74. The van der Waals surface area contributed by atoms with Crippen molar-refractivity contribution in [2.45, 2.75) is 6.92 Å². The minimum Gasteiger partial charge on any atom is -0.492 e. The maximum absolute atomic E-state index is 11.8. The number of carbonyl (C=O) groups excluding carboxylic acids is 1. The van der Waals surface area contributed by atoms with E-state index in [2.05, 4.69) is 4.98 Å². The maximum Gasteiger partial charge on any atom is 0.356 e. The zero-order valence-electron chi connectivity index (χ0n) is 11.3. The molecule has 0 amide bonds. The molecule has 2 rings (SSSR count). The van der Waals surface area contributed by atoms with E-state index in [9.17, 15) is 4.79 Å². The lowest BCUT2D eigenvalue weighted by molar-refractivity contribution is 0.0517. The van der Waals surface area contributed by atoms with Gasteiger partial charge in [0.2, 0.25) is 0 Å². The predicted octanol–water partition coefficient (Wildman–Crippen LogP) is 1.39. The lowest BCUT2D eigenvalue weighted by atomic mass is 10.3. The van der Waals surface area contributed by atoms with Gasteiger partial charge < -0.3 is 15.2 Å². The number of benzene rings is 1. The second-order valence-corrected chi connectivity index (χ2v) is 4.00. The lowest BCUT2D eigenvalue weighted by Gasteiger charge is -2.09. The summed E-state index contributed by atoms with van der Waals surface area (Å²) in [5.41, 5.74) is 6.58. The van der Waals surface area contributed by atoms with Crippen molar-refractivity contribution in [1.29, 1.82) is 0 Å². The van der Waals surface area contributed by atoms with Gasteiger partial charge in [-0.3, -0.25) is 4.57 Å². The molecule has 6 nitrogen and oxygen atoms in total. The highest BCUT2D eigenvalue weighted by Crippen LogP contribution is 2.17. The highest BCUT2D eigenvalue weighted by atomic mass is 16.5. The summed E-state index contributed by atoms with van der Waals surface area (Å²) in [4.78, 5) is 15.8. The van der Waals surface area contributed by atoms with Gasteiger partial charge in [-0.25, -0.2) is 9.78 Å². The van der Waals surface area contributed by atoms with Crippen molar-refractivity contribution in [3.05, 3.63) is 42.5 Å². The van der Waals surface area contributed by atoms with Crippen LogP contribution < -0.4 is 10.5 Å². The van der Waals surface area contributed by atoms with Crippen molar-refractivity contribution >= 4 is 5.97 Å². The zero-order chi connectivity index (χ0) is 14.4. The Morgan fingerprint density at radius 2 is 2.10 bits per heavy atom. The first-order chi connectivity index (χ1) is 9.76. The molecule has 0 aliphatic heterocycles. The molecular formula is C14H17N3O3. The monoisotopic (exact) mass is 275 g/mol. The van der Waals surface area contributed by atoms with Gasteiger partial charge in [-0.15, -0.1) is 0 Å². The summed E-state index contributed by atoms with van der Waals surface area (Å²) in [7, 11) is 0. The Labute approximate surface area is 117 Å². The molecule has 1 heterocycles. The number of nitrogens with two attached hydrogens (primary N) is 1. The molecule has 0 saturated heterocycles. The van der Waals surface area contributed by atoms with Gasteiger partial charge in [0.15, 0.2) is 5.69 Å². The SMILES string of the molecule is CCOC(=O)c1cncn1-c1ccc(OCCN)cc1. The van der Waals surface area contributed by atoms with Crippen molar-refractivity contribution in [2.24, 2.45) is 5.73 Å². The van der Waals surface area contributed by atoms with E-state index in [-0.39, 0.29) is 0 Å². The van der Waals surface area contributed by atoms with Crippen molar-refractivity contribution in [3.63, 3.8) is 0 Å². The van der Waals surface area contributed by atoms with E-state index in [1.165, 1.54) is 6.20 Å². The normalized spacial score (nSPS) is 10.3. The molecule has 0 radical (unpaired) electrons. The molecule has 1 aromatic heterocycles. The van der Waals surface area contributed by atoms with Gasteiger partial charge in [0.1, 0.15) is 12.4 Å². The molecule has 6 heteroatoms. The molecular weight excluding hydrogens is 258 g/mol. The molecule has 0 spiro atoms. The van der Waals surface area contributed by atoms with E-state index in [0.717, 1.165) is 11.4 Å². The third-order valence-corrected chi connectivity index (χ3v) is 2.62. The Bertz CT molecular complexity index is 563. The first kappa shape index (κ1) is 14.1. The lowest BCUT2D eigenvalue weighted by Crippen LogP contribution is -2.11. The Hall–Kier alpha value is -2.34. The van der Waals surface area contributed by atoms with Gasteiger partial charge in [-0.1, -0.05) is 0 Å². The highest BCUT2D eigenvalue weighted by Gasteiger charge is 2.13. The number of hydrogen-bond acceptors (Lipinski definition) is 5. The molecule has 0 fully saturated rings. The largest absolute Gasteiger partial charge is 0.492 e. The average Bonchev–Trinajstić information content (AvgIpc) is 2.95. The third-order valence-electron chi connectivity index (χ3n) is 2.62. The molecule has 0 aliphatic rings. The Morgan fingerprint density at radius 3 is 2.75 bits per heavy atom. The molecule has 0 atom stereocenters. The number of esters is 1. The third kappa shape index (κ3) is 3.16. The summed E-state index contributed by atoms with van der Waals surface area (Å²) in [6.07, 6.45) is 3.05. The van der Waals surface area contributed by atoms with Crippen LogP contribution in [0.5, 0.6) is 5.75 Å². The second kappa shape index (κ2) is 6.72. The van der Waals surface area contributed by atoms with Crippen molar-refractivity contribution in [2.75, 3.05) is 19.8 Å². The minimum atomic E-state index is -0.395. The number of imidazole rings is 1. The number of hydrogen-bond donors (Lipinski definition) is 1. The fourth-order valence-electron chi connectivity index (χ4n) is 1.74. The van der Waals surface area contributed by atoms with E-state index in [1.807, 2.05) is 24.3 Å². The number of nitrogens with zero attached hydrogens (tertiary/aromatic N) is 2. The van der Waals surface area contributed by atoms with Crippen LogP contribution in [0.2, 0.25) is 0 Å². The van der Waals surface area contributed by atoms with Crippen LogP contribution in [0.25, 0.3) is 5.69 Å². The summed E-state index contributed by atoms with van der Waals surface area (Å²) in [6, 6.07) is 7.33. The highest BCUT2D eigenvalue weighted by molar-refractivity contribution is 5.88. The molecule has 2 N–H and O–H groups in total. The summed E-state index contributed by atoms with van der Waals surface area (Å²) in [6.45, 7) is 3.03. The van der Waals surface area contributed by atoms with Crippen LogP contribution in [0.4, 0.5) is 0 Å². The first-order valence-electron chi connectivity index (χ1n) is 6.39. The van der Waals surface area contributed by atoms with Crippen molar-refractivity contribution < 1.29 is 14.3 Å². The van der Waals surface area contributed by atoms with E-state index in [0.29, 0.717) is 25.5 Å². The molecule has 0 unspecified atom stereocenters. The van der Waals surface area contributed by atoms with Crippen LogP contribution in [0.1, 0.15) is 17.4 Å². The topological polar surface area (TPSA) is 79.4 Å². The quantitative estimate of drug-likeness (QED) is 0.806. The van der Waals surface area contributed by atoms with Gasteiger partial charge in [0.05, 0.1) is 19.1 Å². The number of rotatable bonds is 6. The number of ether oxygens (including phenoxy) is 2.